The van der Waals surface area contributed by atoms with E-state index in [4.69, 9.17) is 4.84 Å². The molecule has 2 nitrogen and oxygen atoms in total. The monoisotopic (exact) mass is 152 g/mol. The molecular formula is C9H14NO+. The normalized spacial score (nSPS) is 11.2. The van der Waals surface area contributed by atoms with Gasteiger partial charge in [-0.25, -0.2) is 0 Å². The Morgan fingerprint density at radius 1 is 1.00 bits per heavy atom. The van der Waals surface area contributed by atoms with E-state index in [0.717, 1.165) is 0 Å². The van der Waals surface area contributed by atoms with Crippen LogP contribution in [0.5, 0.6) is 0 Å². The number of pyridine rings is 1. The highest BCUT2D eigenvalue weighted by molar-refractivity contribution is 4.83. The second kappa shape index (κ2) is 2.91. The van der Waals surface area contributed by atoms with Crippen LogP contribution in [0.2, 0.25) is 0 Å². The molecule has 0 N–H and O–H groups in total. The first-order valence-electron chi connectivity index (χ1n) is 3.74. The average Bonchev–Trinajstić information content (AvgIpc) is 1.85. The molecule has 0 spiro atoms. The van der Waals surface area contributed by atoms with Gasteiger partial charge >= 0.3 is 0 Å². The molecule has 0 atom stereocenters. The van der Waals surface area contributed by atoms with Crippen LogP contribution in [-0.2, 0) is 0 Å². The quantitative estimate of drug-likeness (QED) is 0.551. The Kier molecular flexibility index (Phi) is 2.13. The van der Waals surface area contributed by atoms with Gasteiger partial charge in [-0.3, -0.25) is 4.84 Å². The van der Waals surface area contributed by atoms with Crippen molar-refractivity contribution in [2.24, 2.45) is 0 Å². The van der Waals surface area contributed by atoms with Crippen molar-refractivity contribution in [2.75, 3.05) is 0 Å². The predicted molar refractivity (Wildman–Crippen MR) is 43.0 cm³/mol. The summed E-state index contributed by atoms with van der Waals surface area (Å²) in [6, 6.07) is 5.83. The maximum absolute atomic E-state index is 5.52. The molecule has 0 aliphatic heterocycles. The molecule has 0 aliphatic rings. The smallest absolute Gasteiger partial charge is 0.222 e. The van der Waals surface area contributed by atoms with E-state index in [2.05, 4.69) is 0 Å². The van der Waals surface area contributed by atoms with E-state index >= 15 is 0 Å². The van der Waals surface area contributed by atoms with Crippen molar-refractivity contribution >= 4 is 0 Å². The first-order chi connectivity index (χ1) is 5.08. The molecule has 0 saturated heterocycles. The van der Waals surface area contributed by atoms with Crippen molar-refractivity contribution in [1.82, 2.24) is 0 Å². The molecule has 2 heteroatoms. The highest BCUT2D eigenvalue weighted by Crippen LogP contribution is 1.97. The maximum Gasteiger partial charge on any atom is 0.222 e. The third kappa shape index (κ3) is 3.03. The third-order valence-electron chi connectivity index (χ3n) is 1.07. The number of nitrogens with zero attached hydrogens (tertiary/aromatic N) is 1. The average molecular weight is 152 g/mol. The summed E-state index contributed by atoms with van der Waals surface area (Å²) in [5, 5.41) is 0. The van der Waals surface area contributed by atoms with Crippen molar-refractivity contribution in [3.05, 3.63) is 30.6 Å². The predicted octanol–water partition coefficient (Wildman–Crippen LogP) is 1.20. The van der Waals surface area contributed by atoms with Gasteiger partial charge in [-0.15, -0.1) is 0 Å². The molecule has 1 rings (SSSR count). The highest BCUT2D eigenvalue weighted by Gasteiger charge is 2.16. The van der Waals surface area contributed by atoms with E-state index < -0.39 is 0 Å². The fraction of sp³-hybridized carbons (Fsp3) is 0.444. The second-order valence-corrected chi connectivity index (χ2v) is 3.44. The third-order valence-corrected chi connectivity index (χ3v) is 1.07. The number of hydrogen-bond acceptors (Lipinski definition) is 1. The number of aromatic nitrogens is 1. The zero-order chi connectivity index (χ0) is 8.32. The van der Waals surface area contributed by atoms with Crippen molar-refractivity contribution in [3.8, 4) is 0 Å². The van der Waals surface area contributed by atoms with Gasteiger partial charge in [0, 0.05) is 16.9 Å². The minimum atomic E-state index is -0.133. The zero-order valence-corrected chi connectivity index (χ0v) is 7.24. The summed E-state index contributed by atoms with van der Waals surface area (Å²) in [7, 11) is 0. The van der Waals surface area contributed by atoms with Gasteiger partial charge in [0.2, 0.25) is 12.4 Å². The molecule has 0 aliphatic carbocycles. The van der Waals surface area contributed by atoms with Crippen LogP contribution in [0.15, 0.2) is 30.6 Å². The molecule has 0 saturated carbocycles. The molecule has 1 heterocycles. The Bertz CT molecular complexity index is 213. The lowest BCUT2D eigenvalue weighted by atomic mass is 10.2. The zero-order valence-electron chi connectivity index (χ0n) is 7.24. The lowest BCUT2D eigenvalue weighted by Gasteiger charge is -2.12. The van der Waals surface area contributed by atoms with E-state index in [1.165, 1.54) is 0 Å². The lowest BCUT2D eigenvalue weighted by Crippen LogP contribution is -2.50. The summed E-state index contributed by atoms with van der Waals surface area (Å²) in [6.45, 7) is 6.06. The van der Waals surface area contributed by atoms with Gasteiger partial charge in [-0.05, 0) is 20.8 Å². The molecule has 1 aromatic heterocycles. The molecule has 0 radical (unpaired) electrons. The van der Waals surface area contributed by atoms with Crippen LogP contribution in [0, 0.1) is 0 Å². The largest absolute Gasteiger partial charge is 0.266 e. The summed E-state index contributed by atoms with van der Waals surface area (Å²) in [6.07, 6.45) is 3.76. The number of hydrogen-bond donors (Lipinski definition) is 0. The van der Waals surface area contributed by atoms with Crippen LogP contribution >= 0.6 is 0 Å². The SMILES string of the molecule is CC(C)(C)O[n+]1ccccc1. The van der Waals surface area contributed by atoms with E-state index in [1.54, 1.807) is 4.73 Å². The van der Waals surface area contributed by atoms with Crippen LogP contribution < -0.4 is 9.57 Å². The fourth-order valence-electron chi connectivity index (χ4n) is 0.760. The van der Waals surface area contributed by atoms with Crippen molar-refractivity contribution in [1.29, 1.82) is 0 Å². The van der Waals surface area contributed by atoms with Gasteiger partial charge < -0.3 is 0 Å². The summed E-state index contributed by atoms with van der Waals surface area (Å²) in [5.41, 5.74) is -0.133. The topological polar surface area (TPSA) is 13.1 Å². The first-order valence-corrected chi connectivity index (χ1v) is 3.74. The van der Waals surface area contributed by atoms with E-state index in [1.807, 2.05) is 51.4 Å². The van der Waals surface area contributed by atoms with Crippen molar-refractivity contribution < 1.29 is 9.57 Å². The Morgan fingerprint density at radius 2 is 1.55 bits per heavy atom. The Labute approximate surface area is 67.4 Å². The molecule has 0 amide bonds. The minimum Gasteiger partial charge on any atom is -0.266 e. The van der Waals surface area contributed by atoms with Gasteiger partial charge in [0.1, 0.15) is 0 Å². The number of rotatable bonds is 1. The van der Waals surface area contributed by atoms with Gasteiger partial charge in [-0.1, -0.05) is 6.07 Å². The minimum absolute atomic E-state index is 0.133. The van der Waals surface area contributed by atoms with Crippen molar-refractivity contribution in [3.63, 3.8) is 0 Å². The lowest BCUT2D eigenvalue weighted by molar-refractivity contribution is -0.905. The van der Waals surface area contributed by atoms with Gasteiger partial charge in [0.25, 0.3) is 0 Å². The Morgan fingerprint density at radius 3 is 2.00 bits per heavy atom. The summed E-state index contributed by atoms with van der Waals surface area (Å²) >= 11 is 0. The standard InChI is InChI=1S/C9H14NO/c1-9(2,3)11-10-7-5-4-6-8-10/h4-8H,1-3H3/q+1. The Balaban J connectivity index is 2.66. The Hall–Kier alpha value is -1.05. The molecule has 60 valence electrons. The first kappa shape index (κ1) is 8.05. The van der Waals surface area contributed by atoms with Gasteiger partial charge in [0.15, 0.2) is 5.60 Å². The molecule has 0 fully saturated rings. The van der Waals surface area contributed by atoms with Gasteiger partial charge in [0.05, 0.1) is 0 Å². The van der Waals surface area contributed by atoms with Crippen molar-refractivity contribution in [2.45, 2.75) is 26.4 Å². The fourth-order valence-corrected chi connectivity index (χ4v) is 0.760. The van der Waals surface area contributed by atoms with E-state index in [9.17, 15) is 0 Å². The van der Waals surface area contributed by atoms with Crippen LogP contribution in [0.4, 0.5) is 0 Å². The van der Waals surface area contributed by atoms with E-state index in [0.29, 0.717) is 0 Å². The van der Waals surface area contributed by atoms with Crippen LogP contribution in [0.1, 0.15) is 20.8 Å². The molecule has 0 unspecified atom stereocenters. The summed E-state index contributed by atoms with van der Waals surface area (Å²) < 4.78 is 1.71. The van der Waals surface area contributed by atoms with Gasteiger partial charge in [-0.2, -0.15) is 0 Å². The van der Waals surface area contributed by atoms with Crippen LogP contribution in [0.3, 0.4) is 0 Å². The van der Waals surface area contributed by atoms with E-state index in [-0.39, 0.29) is 5.60 Å². The summed E-state index contributed by atoms with van der Waals surface area (Å²) in [5.74, 6) is 0. The maximum atomic E-state index is 5.52. The second-order valence-electron chi connectivity index (χ2n) is 3.44. The molecule has 0 bridgehead atoms. The molecule has 0 aromatic carbocycles. The van der Waals surface area contributed by atoms with Crippen LogP contribution in [-0.4, -0.2) is 5.60 Å². The highest BCUT2D eigenvalue weighted by atomic mass is 16.7. The molecule has 1 aromatic rings. The molecule has 11 heavy (non-hydrogen) atoms. The van der Waals surface area contributed by atoms with Crippen LogP contribution in [0.25, 0.3) is 0 Å². The molecular weight excluding hydrogens is 138 g/mol. The summed E-state index contributed by atoms with van der Waals surface area (Å²) in [4.78, 5) is 5.52.